The van der Waals surface area contributed by atoms with Crippen LogP contribution < -0.4 is 10.6 Å². The standard InChI is InChI=1S/C41H50N8O6S/c1-21(2)33(46-40(52)54-6)38(50)48-16-8-10-31(48)30-18-24-12-13-26(20-28(24)43-30)37-42-23(5)35(56-37)25-14-15-27-29(19-25)45-36(44-27)32-11-9-17-49(32)39(51)34(22(3)4)47-41(53)55-7/h12-15,19-22,31-34H,8-11,16-18H2,1-7H3,(H,44,45)(H,46,52)(H,47,53)/t31-,32-,33-,34-/m0/s1. The average molecular weight is 783 g/mol. The molecule has 296 valence electrons. The average Bonchev–Trinajstić information content (AvgIpc) is 4.03. The van der Waals surface area contributed by atoms with Gasteiger partial charge in [-0.05, 0) is 73.8 Å². The first-order valence-electron chi connectivity index (χ1n) is 19.3. The molecule has 0 spiro atoms. The Bertz CT molecular complexity index is 2190. The van der Waals surface area contributed by atoms with Gasteiger partial charge in [-0.15, -0.1) is 11.3 Å². The van der Waals surface area contributed by atoms with Crippen LogP contribution in [-0.2, 0) is 25.5 Å². The van der Waals surface area contributed by atoms with Crippen LogP contribution >= 0.6 is 11.3 Å². The van der Waals surface area contributed by atoms with Crippen molar-refractivity contribution < 1.29 is 28.7 Å². The van der Waals surface area contributed by atoms with Gasteiger partial charge in [-0.2, -0.15) is 0 Å². The lowest BCUT2D eigenvalue weighted by molar-refractivity contribution is -0.135. The second kappa shape index (κ2) is 16.0. The molecule has 3 aliphatic rings. The van der Waals surface area contributed by atoms with Gasteiger partial charge in [-0.25, -0.2) is 19.6 Å². The number of hydrogen-bond donors (Lipinski definition) is 3. The molecule has 2 aromatic carbocycles. The number of aryl methyl sites for hydroxylation is 1. The quantitative estimate of drug-likeness (QED) is 0.159. The molecule has 2 saturated heterocycles. The number of aromatic amines is 1. The number of rotatable bonds is 10. The lowest BCUT2D eigenvalue weighted by Crippen LogP contribution is -2.53. The molecule has 4 amide bonds. The van der Waals surface area contributed by atoms with E-state index in [1.165, 1.54) is 14.2 Å². The number of nitrogens with one attached hydrogen (secondary N) is 3. The molecule has 56 heavy (non-hydrogen) atoms. The molecule has 3 aliphatic heterocycles. The SMILES string of the molecule is COC(=O)N[C@H](C(=O)N1CCC[C@H]1C1=Nc2cc(-c3nc(C)c(-c4ccc5nc([C@@H]6CCCN6C(=O)[C@@H](NC(=O)OC)C(C)C)[nH]c5c4)s3)ccc2C1)C(C)C. The Morgan fingerprint density at radius 2 is 1.43 bits per heavy atom. The Hall–Kier alpha value is -5.31. The number of imidazole rings is 1. The summed E-state index contributed by atoms with van der Waals surface area (Å²) < 4.78 is 9.56. The molecule has 2 aromatic heterocycles. The van der Waals surface area contributed by atoms with Gasteiger partial charge in [-0.3, -0.25) is 14.6 Å². The summed E-state index contributed by atoms with van der Waals surface area (Å²) in [6, 6.07) is 10.7. The normalized spacial score (nSPS) is 19.0. The van der Waals surface area contributed by atoms with Gasteiger partial charge in [0.2, 0.25) is 11.8 Å². The maximum absolute atomic E-state index is 13.7. The number of likely N-dealkylation sites (tertiary alicyclic amines) is 2. The van der Waals surface area contributed by atoms with Crippen molar-refractivity contribution in [3.63, 3.8) is 0 Å². The van der Waals surface area contributed by atoms with Crippen LogP contribution in [0.3, 0.4) is 0 Å². The molecule has 0 radical (unpaired) electrons. The molecular formula is C41H50N8O6S. The minimum absolute atomic E-state index is 0.0966. The fourth-order valence-electron chi connectivity index (χ4n) is 8.10. The van der Waals surface area contributed by atoms with E-state index in [2.05, 4.69) is 45.9 Å². The summed E-state index contributed by atoms with van der Waals surface area (Å²) in [5.41, 5.74) is 7.58. The largest absolute Gasteiger partial charge is 0.453 e. The van der Waals surface area contributed by atoms with E-state index >= 15 is 0 Å². The number of methoxy groups -OCH3 is 2. The zero-order valence-electron chi connectivity index (χ0n) is 33.0. The van der Waals surface area contributed by atoms with Crippen LogP contribution in [0, 0.1) is 18.8 Å². The highest BCUT2D eigenvalue weighted by Crippen LogP contribution is 2.40. The molecule has 0 saturated carbocycles. The number of alkyl carbamates (subject to hydrolysis) is 2. The van der Waals surface area contributed by atoms with Crippen molar-refractivity contribution in [3.8, 4) is 21.0 Å². The number of fused-ring (bicyclic) bond motifs is 2. The van der Waals surface area contributed by atoms with E-state index < -0.39 is 24.3 Å². The zero-order valence-corrected chi connectivity index (χ0v) is 33.8. The number of thiazole rings is 1. The Balaban J connectivity index is 1.09. The van der Waals surface area contributed by atoms with Gasteiger partial charge in [-0.1, -0.05) is 45.9 Å². The number of aliphatic imine (C=N–C) groups is 1. The van der Waals surface area contributed by atoms with Crippen molar-refractivity contribution in [1.82, 2.24) is 35.4 Å². The van der Waals surface area contributed by atoms with Crippen LogP contribution in [0.5, 0.6) is 0 Å². The van der Waals surface area contributed by atoms with E-state index in [9.17, 15) is 19.2 Å². The van der Waals surface area contributed by atoms with Crippen LogP contribution in [0.15, 0.2) is 41.4 Å². The number of ether oxygens (including phenoxy) is 2. The summed E-state index contributed by atoms with van der Waals surface area (Å²) in [5, 5.41) is 6.32. The molecule has 14 nitrogen and oxygen atoms in total. The molecule has 4 aromatic rings. The summed E-state index contributed by atoms with van der Waals surface area (Å²) in [6.07, 6.45) is 2.75. The van der Waals surface area contributed by atoms with Crippen molar-refractivity contribution in [2.75, 3.05) is 27.3 Å². The van der Waals surface area contributed by atoms with Gasteiger partial charge < -0.3 is 34.9 Å². The molecule has 5 heterocycles. The minimum atomic E-state index is -0.698. The number of H-pyrrole nitrogens is 1. The maximum Gasteiger partial charge on any atom is 0.407 e. The van der Waals surface area contributed by atoms with E-state index in [-0.39, 0.29) is 35.7 Å². The maximum atomic E-state index is 13.7. The fourth-order valence-corrected chi connectivity index (χ4v) is 9.16. The van der Waals surface area contributed by atoms with Crippen molar-refractivity contribution in [3.05, 3.63) is 53.5 Å². The second-order valence-electron chi connectivity index (χ2n) is 15.5. The van der Waals surface area contributed by atoms with Crippen LogP contribution in [0.25, 0.3) is 32.0 Å². The van der Waals surface area contributed by atoms with E-state index in [0.29, 0.717) is 19.5 Å². The molecule has 3 N–H and O–H groups in total. The molecule has 0 unspecified atom stereocenters. The summed E-state index contributed by atoms with van der Waals surface area (Å²) in [4.78, 5) is 74.6. The molecule has 0 bridgehead atoms. The van der Waals surface area contributed by atoms with Gasteiger partial charge >= 0.3 is 12.2 Å². The van der Waals surface area contributed by atoms with E-state index in [1.54, 1.807) is 11.3 Å². The number of carbonyl (C=O) groups excluding carboxylic acids is 4. The van der Waals surface area contributed by atoms with Crippen LogP contribution in [-0.4, -0.2) is 99.9 Å². The van der Waals surface area contributed by atoms with Gasteiger partial charge in [0.1, 0.15) is 22.9 Å². The lowest BCUT2D eigenvalue weighted by Gasteiger charge is -2.30. The monoisotopic (exact) mass is 782 g/mol. The van der Waals surface area contributed by atoms with Crippen molar-refractivity contribution in [1.29, 1.82) is 0 Å². The first kappa shape index (κ1) is 38.9. The number of aromatic nitrogens is 3. The predicted molar refractivity (Wildman–Crippen MR) is 215 cm³/mol. The van der Waals surface area contributed by atoms with Crippen LogP contribution in [0.4, 0.5) is 15.3 Å². The molecule has 15 heteroatoms. The second-order valence-corrected chi connectivity index (χ2v) is 16.5. The van der Waals surface area contributed by atoms with Gasteiger partial charge in [0.05, 0.1) is 53.6 Å². The predicted octanol–water partition coefficient (Wildman–Crippen LogP) is 6.71. The third-order valence-corrected chi connectivity index (χ3v) is 12.3. The van der Waals surface area contributed by atoms with Crippen molar-refractivity contribution in [2.45, 2.75) is 90.9 Å². The van der Waals surface area contributed by atoms with Crippen molar-refractivity contribution in [2.24, 2.45) is 16.8 Å². The van der Waals surface area contributed by atoms with Crippen LogP contribution in [0.2, 0.25) is 0 Å². The third kappa shape index (κ3) is 7.60. The third-order valence-electron chi connectivity index (χ3n) is 11.1. The minimum Gasteiger partial charge on any atom is -0.453 e. The van der Waals surface area contributed by atoms with E-state index in [0.717, 1.165) is 86.2 Å². The van der Waals surface area contributed by atoms with Crippen LogP contribution in [0.1, 0.15) is 76.5 Å². The molecule has 0 aliphatic carbocycles. The summed E-state index contributed by atoms with van der Waals surface area (Å²) in [7, 11) is 2.59. The number of carbonyl (C=O) groups is 4. The zero-order chi connectivity index (χ0) is 39.8. The molecule has 7 rings (SSSR count). The Labute approximate surface area is 330 Å². The summed E-state index contributed by atoms with van der Waals surface area (Å²) >= 11 is 1.62. The summed E-state index contributed by atoms with van der Waals surface area (Å²) in [5.74, 6) is 0.267. The first-order valence-corrected chi connectivity index (χ1v) is 20.2. The number of amides is 4. The Morgan fingerprint density at radius 1 is 0.821 bits per heavy atom. The van der Waals surface area contributed by atoms with Crippen molar-refractivity contribution >= 4 is 57.8 Å². The highest BCUT2D eigenvalue weighted by molar-refractivity contribution is 7.18. The van der Waals surface area contributed by atoms with E-state index in [1.807, 2.05) is 50.5 Å². The van der Waals surface area contributed by atoms with Gasteiger partial charge in [0.25, 0.3) is 0 Å². The Morgan fingerprint density at radius 3 is 2.05 bits per heavy atom. The fraction of sp³-hybridized carbons (Fsp3) is 0.488. The lowest BCUT2D eigenvalue weighted by atomic mass is 9.99. The number of benzene rings is 2. The Kier molecular flexibility index (Phi) is 11.2. The number of hydrogen-bond acceptors (Lipinski definition) is 10. The molecule has 2 fully saturated rings. The van der Waals surface area contributed by atoms with Gasteiger partial charge in [0.15, 0.2) is 0 Å². The molecule has 4 atom stereocenters. The highest BCUT2D eigenvalue weighted by atomic mass is 32.1. The number of nitrogens with zero attached hydrogens (tertiary/aromatic N) is 5. The van der Waals surface area contributed by atoms with Gasteiger partial charge in [0, 0.05) is 30.8 Å². The molecular weight excluding hydrogens is 733 g/mol. The smallest absolute Gasteiger partial charge is 0.407 e. The first-order chi connectivity index (χ1) is 26.9. The summed E-state index contributed by atoms with van der Waals surface area (Å²) in [6.45, 7) is 10.9. The van der Waals surface area contributed by atoms with E-state index in [4.69, 9.17) is 24.4 Å². The highest BCUT2D eigenvalue weighted by Gasteiger charge is 2.40. The topological polar surface area (TPSA) is 171 Å².